The van der Waals surface area contributed by atoms with Gasteiger partial charge in [0.2, 0.25) is 0 Å². The van der Waals surface area contributed by atoms with Gasteiger partial charge in [0.25, 0.3) is 0 Å². The van der Waals surface area contributed by atoms with Crippen LogP contribution in [0.4, 0.5) is 15.8 Å². The minimum absolute atomic E-state index is 0.198. The monoisotopic (exact) mass is 534 g/mol. The number of hydrogen-bond donors (Lipinski definition) is 3. The molecular formula is C29H32ClFN6O. The molecule has 1 fully saturated rings. The summed E-state index contributed by atoms with van der Waals surface area (Å²) in [5.74, 6) is 0.588. The summed E-state index contributed by atoms with van der Waals surface area (Å²) in [6.07, 6.45) is 8.37. The molecule has 0 saturated heterocycles. The van der Waals surface area contributed by atoms with Crippen molar-refractivity contribution in [2.75, 3.05) is 12.4 Å². The topological polar surface area (TPSA) is 103 Å². The third-order valence-electron chi connectivity index (χ3n) is 7.19. The Morgan fingerprint density at radius 2 is 1.97 bits per heavy atom. The number of nitrogens with zero attached hydrogens (tertiary/aromatic N) is 3. The number of amidine groups is 1. The van der Waals surface area contributed by atoms with Crippen molar-refractivity contribution in [3.05, 3.63) is 76.8 Å². The molecule has 9 heteroatoms. The maximum absolute atomic E-state index is 13.9. The summed E-state index contributed by atoms with van der Waals surface area (Å²) < 4.78 is 21.2. The zero-order chi connectivity index (χ0) is 26.8. The van der Waals surface area contributed by atoms with Crippen LogP contribution in [0.25, 0.3) is 16.6 Å². The summed E-state index contributed by atoms with van der Waals surface area (Å²) in [6, 6.07) is 12.7. The molecule has 5 N–H and O–H groups in total. The maximum atomic E-state index is 13.9. The Labute approximate surface area is 226 Å². The van der Waals surface area contributed by atoms with Crippen molar-refractivity contribution in [2.45, 2.75) is 51.1 Å². The van der Waals surface area contributed by atoms with Crippen molar-refractivity contribution in [1.82, 2.24) is 9.61 Å². The highest BCUT2D eigenvalue weighted by Gasteiger charge is 2.22. The summed E-state index contributed by atoms with van der Waals surface area (Å²) in [7, 11) is 1.67. The fourth-order valence-electron chi connectivity index (χ4n) is 5.05. The van der Waals surface area contributed by atoms with E-state index < -0.39 is 5.82 Å². The lowest BCUT2D eigenvalue weighted by molar-refractivity contribution is 0.411. The SMILES string of the molecule is CCc1cc(OC)ccc1-c1cc2c(NC3CCC(N)CC3)c(C(N)=Nc3cc(F)ccc3Cl)cnn2c1. The highest BCUT2D eigenvalue weighted by atomic mass is 35.5. The summed E-state index contributed by atoms with van der Waals surface area (Å²) >= 11 is 6.27. The number of aliphatic imine (C=N–C) groups is 1. The number of ether oxygens (including phenoxy) is 1. The number of benzene rings is 2. The lowest BCUT2D eigenvalue weighted by Crippen LogP contribution is -2.33. The second-order valence-electron chi connectivity index (χ2n) is 9.72. The minimum atomic E-state index is -0.436. The van der Waals surface area contributed by atoms with Gasteiger partial charge in [-0.1, -0.05) is 24.6 Å². The third-order valence-corrected chi connectivity index (χ3v) is 7.51. The molecule has 198 valence electrons. The van der Waals surface area contributed by atoms with E-state index in [1.54, 1.807) is 13.3 Å². The number of fused-ring (bicyclic) bond motifs is 1. The van der Waals surface area contributed by atoms with Crippen LogP contribution in [0.1, 0.15) is 43.7 Å². The molecule has 1 aliphatic carbocycles. The Balaban J connectivity index is 1.63. The summed E-state index contributed by atoms with van der Waals surface area (Å²) in [4.78, 5) is 4.47. The van der Waals surface area contributed by atoms with Gasteiger partial charge in [-0.25, -0.2) is 13.9 Å². The number of rotatable bonds is 7. The molecule has 0 bridgehead atoms. The molecule has 38 heavy (non-hydrogen) atoms. The normalized spacial score (nSPS) is 18.1. The van der Waals surface area contributed by atoms with Crippen molar-refractivity contribution in [2.24, 2.45) is 16.5 Å². The van der Waals surface area contributed by atoms with E-state index in [-0.39, 0.29) is 23.6 Å². The smallest absolute Gasteiger partial charge is 0.135 e. The molecule has 2 aromatic carbocycles. The molecule has 2 heterocycles. The first-order valence-corrected chi connectivity index (χ1v) is 13.2. The van der Waals surface area contributed by atoms with Crippen LogP contribution in [0.3, 0.4) is 0 Å². The molecule has 0 unspecified atom stereocenters. The molecule has 7 nitrogen and oxygen atoms in total. The Kier molecular flexibility index (Phi) is 7.53. The second-order valence-corrected chi connectivity index (χ2v) is 10.1. The first-order chi connectivity index (χ1) is 18.4. The lowest BCUT2D eigenvalue weighted by Gasteiger charge is -2.28. The Morgan fingerprint density at radius 3 is 2.71 bits per heavy atom. The average molecular weight is 535 g/mol. The lowest BCUT2D eigenvalue weighted by atomic mass is 9.91. The van der Waals surface area contributed by atoms with Gasteiger partial charge in [0.1, 0.15) is 17.4 Å². The van der Waals surface area contributed by atoms with Crippen LogP contribution in [0.2, 0.25) is 5.02 Å². The quantitative estimate of drug-likeness (QED) is 0.197. The van der Waals surface area contributed by atoms with E-state index >= 15 is 0 Å². The van der Waals surface area contributed by atoms with Crippen molar-refractivity contribution in [1.29, 1.82) is 0 Å². The summed E-state index contributed by atoms with van der Waals surface area (Å²) in [6.45, 7) is 2.12. The van der Waals surface area contributed by atoms with Gasteiger partial charge in [-0.2, -0.15) is 5.10 Å². The molecule has 1 saturated carbocycles. The first kappa shape index (κ1) is 26.0. The number of anilines is 1. The number of aromatic nitrogens is 2. The fourth-order valence-corrected chi connectivity index (χ4v) is 5.21. The molecule has 0 spiro atoms. The van der Waals surface area contributed by atoms with Crippen molar-refractivity contribution in [3.63, 3.8) is 0 Å². The van der Waals surface area contributed by atoms with Crippen molar-refractivity contribution >= 4 is 34.3 Å². The number of nitrogens with one attached hydrogen (secondary N) is 1. The highest BCUT2D eigenvalue weighted by molar-refractivity contribution is 6.33. The van der Waals surface area contributed by atoms with Crippen molar-refractivity contribution < 1.29 is 9.13 Å². The summed E-state index contributed by atoms with van der Waals surface area (Å²) in [5, 5.41) is 8.68. The van der Waals surface area contributed by atoms with E-state index in [1.807, 2.05) is 16.8 Å². The molecule has 1 aliphatic rings. The minimum Gasteiger partial charge on any atom is -0.497 e. The molecule has 0 atom stereocenters. The Hall–Kier alpha value is -3.62. The van der Waals surface area contributed by atoms with Crippen LogP contribution in [-0.2, 0) is 6.42 Å². The van der Waals surface area contributed by atoms with Gasteiger partial charge in [-0.3, -0.25) is 0 Å². The highest BCUT2D eigenvalue weighted by Crippen LogP contribution is 2.34. The van der Waals surface area contributed by atoms with E-state index in [0.29, 0.717) is 10.6 Å². The zero-order valence-corrected chi connectivity index (χ0v) is 22.3. The molecule has 0 radical (unpaired) electrons. The third kappa shape index (κ3) is 5.33. The van der Waals surface area contributed by atoms with Crippen LogP contribution >= 0.6 is 11.6 Å². The number of aryl methyl sites for hydroxylation is 1. The largest absolute Gasteiger partial charge is 0.497 e. The van der Waals surface area contributed by atoms with Gasteiger partial charge < -0.3 is 21.5 Å². The Morgan fingerprint density at radius 1 is 1.18 bits per heavy atom. The van der Waals surface area contributed by atoms with Gasteiger partial charge in [-0.05, 0) is 73.6 Å². The first-order valence-electron chi connectivity index (χ1n) is 12.9. The van der Waals surface area contributed by atoms with Gasteiger partial charge in [-0.15, -0.1) is 0 Å². The van der Waals surface area contributed by atoms with Crippen LogP contribution in [0.5, 0.6) is 5.75 Å². The van der Waals surface area contributed by atoms with E-state index in [1.165, 1.54) is 23.8 Å². The predicted octanol–water partition coefficient (Wildman–Crippen LogP) is 6.08. The number of halogens is 2. The van der Waals surface area contributed by atoms with Crippen LogP contribution in [0.15, 0.2) is 59.9 Å². The van der Waals surface area contributed by atoms with E-state index in [2.05, 4.69) is 40.5 Å². The van der Waals surface area contributed by atoms with E-state index in [4.69, 9.17) is 27.8 Å². The predicted molar refractivity (Wildman–Crippen MR) is 152 cm³/mol. The number of methoxy groups -OCH3 is 1. The number of nitrogens with two attached hydrogens (primary N) is 2. The van der Waals surface area contributed by atoms with Gasteiger partial charge in [0.05, 0.1) is 40.8 Å². The summed E-state index contributed by atoms with van der Waals surface area (Å²) in [5.41, 5.74) is 18.6. The van der Waals surface area contributed by atoms with Gasteiger partial charge in [0.15, 0.2) is 0 Å². The van der Waals surface area contributed by atoms with Gasteiger partial charge >= 0.3 is 0 Å². The fraction of sp³-hybridized carbons (Fsp3) is 0.310. The molecule has 0 aliphatic heterocycles. The van der Waals surface area contributed by atoms with E-state index in [9.17, 15) is 4.39 Å². The van der Waals surface area contributed by atoms with Crippen LogP contribution in [0, 0.1) is 5.82 Å². The molecule has 0 amide bonds. The molecule has 5 rings (SSSR count). The van der Waals surface area contributed by atoms with Crippen molar-refractivity contribution in [3.8, 4) is 16.9 Å². The zero-order valence-electron chi connectivity index (χ0n) is 21.5. The maximum Gasteiger partial charge on any atom is 0.135 e. The van der Waals surface area contributed by atoms with Gasteiger partial charge in [0, 0.05) is 29.9 Å². The molecule has 2 aromatic heterocycles. The standard InChI is InChI=1S/C29H32ClFN6O/c1-3-17-12-22(38-2)9-10-23(17)18-13-27-28(35-21-7-5-20(32)6-8-21)24(15-34-37(27)16-18)29(33)36-26-14-19(31)4-11-25(26)30/h4,9-16,20-21,35H,3,5-8,32H2,1-2H3,(H2,33,36). The number of hydrogen-bond acceptors (Lipinski definition) is 5. The Bertz CT molecular complexity index is 1490. The van der Waals surface area contributed by atoms with Crippen LogP contribution in [-0.4, -0.2) is 34.6 Å². The van der Waals surface area contributed by atoms with E-state index in [0.717, 1.165) is 60.2 Å². The molecule has 4 aromatic rings. The molecular weight excluding hydrogens is 503 g/mol. The average Bonchev–Trinajstić information content (AvgIpc) is 3.36. The second kappa shape index (κ2) is 11.0. The van der Waals surface area contributed by atoms with Crippen LogP contribution < -0.4 is 21.5 Å².